The van der Waals surface area contributed by atoms with Crippen LogP contribution in [-0.2, 0) is 4.79 Å². The molecule has 0 bridgehead atoms. The number of rotatable bonds is 5. The van der Waals surface area contributed by atoms with Gasteiger partial charge in [0.25, 0.3) is 0 Å². The first kappa shape index (κ1) is 18.8. The Balaban J connectivity index is 0.00000242. The molecule has 124 valence electrons. The van der Waals surface area contributed by atoms with Crippen molar-refractivity contribution in [1.82, 2.24) is 4.90 Å². The molecule has 1 heterocycles. The number of ether oxygens (including phenoxy) is 1. The smallest absolute Gasteiger partial charge is 0.225 e. The van der Waals surface area contributed by atoms with E-state index in [9.17, 15) is 4.79 Å². The zero-order chi connectivity index (χ0) is 15.2. The van der Waals surface area contributed by atoms with Crippen LogP contribution in [0, 0.1) is 12.8 Å². The molecule has 1 aromatic carbocycles. The highest BCUT2D eigenvalue weighted by Crippen LogP contribution is 2.20. The third-order valence-corrected chi connectivity index (χ3v) is 4.21. The maximum atomic E-state index is 12.1. The summed E-state index contributed by atoms with van der Waals surface area (Å²) in [6.07, 6.45) is 2.47. The van der Waals surface area contributed by atoms with Crippen LogP contribution in [-0.4, -0.2) is 36.5 Å². The van der Waals surface area contributed by atoms with Crippen molar-refractivity contribution in [2.45, 2.75) is 39.2 Å². The number of halogens is 1. The van der Waals surface area contributed by atoms with Gasteiger partial charge < -0.3 is 15.4 Å². The minimum Gasteiger partial charge on any atom is -0.493 e. The summed E-state index contributed by atoms with van der Waals surface area (Å²) in [4.78, 5) is 14.1. The van der Waals surface area contributed by atoms with Crippen LogP contribution in [0.3, 0.4) is 0 Å². The first-order chi connectivity index (χ1) is 10.1. The van der Waals surface area contributed by atoms with Crippen LogP contribution in [0.15, 0.2) is 24.3 Å². The van der Waals surface area contributed by atoms with Crippen molar-refractivity contribution in [1.29, 1.82) is 0 Å². The molecule has 1 aliphatic heterocycles. The molecule has 22 heavy (non-hydrogen) atoms. The van der Waals surface area contributed by atoms with E-state index in [0.29, 0.717) is 18.9 Å². The Labute approximate surface area is 139 Å². The number of nitrogens with zero attached hydrogens (tertiary/aromatic N) is 1. The normalized spacial score (nSPS) is 16.8. The van der Waals surface area contributed by atoms with Gasteiger partial charge in [-0.1, -0.05) is 12.1 Å². The second kappa shape index (κ2) is 9.01. The standard InChI is InChI=1S/C17H26N2O2.ClH/c1-13-4-3-5-16(12-13)21-11-8-17(20)19-9-6-15(7-10-19)14(2)18;/h3-5,12,14-15H,6-11,18H2,1-2H3;1H. The topological polar surface area (TPSA) is 55.6 Å². The summed E-state index contributed by atoms with van der Waals surface area (Å²) in [6, 6.07) is 8.13. The predicted octanol–water partition coefficient (Wildman–Crippen LogP) is 2.77. The summed E-state index contributed by atoms with van der Waals surface area (Å²) in [5.41, 5.74) is 7.09. The lowest BCUT2D eigenvalue weighted by atomic mass is 9.91. The summed E-state index contributed by atoms with van der Waals surface area (Å²) < 4.78 is 5.64. The van der Waals surface area contributed by atoms with E-state index in [1.807, 2.05) is 36.1 Å². The minimum atomic E-state index is 0. The van der Waals surface area contributed by atoms with Crippen molar-refractivity contribution in [2.24, 2.45) is 11.7 Å². The number of nitrogens with two attached hydrogens (primary N) is 1. The molecule has 0 saturated carbocycles. The zero-order valence-corrected chi connectivity index (χ0v) is 14.3. The number of likely N-dealkylation sites (tertiary alicyclic amines) is 1. The second-order valence-electron chi connectivity index (χ2n) is 5.99. The van der Waals surface area contributed by atoms with Crippen molar-refractivity contribution in [2.75, 3.05) is 19.7 Å². The lowest BCUT2D eigenvalue weighted by Gasteiger charge is -2.33. The Morgan fingerprint density at radius 3 is 2.68 bits per heavy atom. The molecular weight excluding hydrogens is 300 g/mol. The molecule has 2 N–H and O–H groups in total. The molecule has 4 nitrogen and oxygen atoms in total. The van der Waals surface area contributed by atoms with E-state index in [1.54, 1.807) is 0 Å². The predicted molar refractivity (Wildman–Crippen MR) is 91.5 cm³/mol. The van der Waals surface area contributed by atoms with E-state index in [-0.39, 0.29) is 24.4 Å². The molecule has 0 radical (unpaired) electrons. The monoisotopic (exact) mass is 326 g/mol. The molecule has 1 fully saturated rings. The fourth-order valence-electron chi connectivity index (χ4n) is 2.79. The molecule has 0 spiro atoms. The van der Waals surface area contributed by atoms with Crippen molar-refractivity contribution in [3.8, 4) is 5.75 Å². The molecule has 2 rings (SSSR count). The van der Waals surface area contributed by atoms with Gasteiger partial charge in [0.1, 0.15) is 5.75 Å². The Morgan fingerprint density at radius 2 is 2.09 bits per heavy atom. The van der Waals surface area contributed by atoms with Crippen molar-refractivity contribution in [3.63, 3.8) is 0 Å². The average Bonchev–Trinajstić information content (AvgIpc) is 2.47. The maximum absolute atomic E-state index is 12.1. The van der Waals surface area contributed by atoms with E-state index in [4.69, 9.17) is 10.5 Å². The van der Waals surface area contributed by atoms with Gasteiger partial charge in [-0.3, -0.25) is 4.79 Å². The van der Waals surface area contributed by atoms with E-state index < -0.39 is 0 Å². The van der Waals surface area contributed by atoms with E-state index in [0.717, 1.165) is 37.2 Å². The zero-order valence-electron chi connectivity index (χ0n) is 13.5. The van der Waals surface area contributed by atoms with Gasteiger partial charge in [0.15, 0.2) is 0 Å². The van der Waals surface area contributed by atoms with Gasteiger partial charge in [-0.15, -0.1) is 12.4 Å². The highest BCUT2D eigenvalue weighted by atomic mass is 35.5. The summed E-state index contributed by atoms with van der Waals surface area (Å²) in [7, 11) is 0. The highest BCUT2D eigenvalue weighted by Gasteiger charge is 2.24. The van der Waals surface area contributed by atoms with Crippen LogP contribution >= 0.6 is 12.4 Å². The Bertz CT molecular complexity index is 471. The van der Waals surface area contributed by atoms with Gasteiger partial charge in [-0.25, -0.2) is 0 Å². The Hall–Kier alpha value is -1.26. The first-order valence-corrected chi connectivity index (χ1v) is 7.79. The fraction of sp³-hybridized carbons (Fsp3) is 0.588. The van der Waals surface area contributed by atoms with Crippen LogP contribution in [0.5, 0.6) is 5.75 Å². The van der Waals surface area contributed by atoms with E-state index in [2.05, 4.69) is 6.92 Å². The number of piperidine rings is 1. The lowest BCUT2D eigenvalue weighted by Crippen LogP contribution is -2.42. The molecule has 5 heteroatoms. The van der Waals surface area contributed by atoms with Gasteiger partial charge >= 0.3 is 0 Å². The number of hydrogen-bond acceptors (Lipinski definition) is 3. The summed E-state index contributed by atoms with van der Waals surface area (Å²) in [5.74, 6) is 1.57. The maximum Gasteiger partial charge on any atom is 0.225 e. The molecule has 1 unspecified atom stereocenters. The summed E-state index contributed by atoms with van der Waals surface area (Å²) in [6.45, 7) is 6.18. The number of aryl methyl sites for hydroxylation is 1. The Morgan fingerprint density at radius 1 is 1.41 bits per heavy atom. The van der Waals surface area contributed by atoms with Crippen LogP contribution in [0.2, 0.25) is 0 Å². The summed E-state index contributed by atoms with van der Waals surface area (Å²) >= 11 is 0. The van der Waals surface area contributed by atoms with Crippen LogP contribution in [0.4, 0.5) is 0 Å². The number of carbonyl (C=O) groups excluding carboxylic acids is 1. The number of amides is 1. The van der Waals surface area contributed by atoms with Gasteiger partial charge in [-0.05, 0) is 50.3 Å². The summed E-state index contributed by atoms with van der Waals surface area (Å²) in [5, 5.41) is 0. The van der Waals surface area contributed by atoms with Crippen LogP contribution in [0.1, 0.15) is 31.7 Å². The number of hydrogen-bond donors (Lipinski definition) is 1. The highest BCUT2D eigenvalue weighted by molar-refractivity contribution is 5.85. The molecule has 1 atom stereocenters. The molecule has 0 aromatic heterocycles. The second-order valence-corrected chi connectivity index (χ2v) is 5.99. The molecule has 0 aliphatic carbocycles. The van der Waals surface area contributed by atoms with E-state index >= 15 is 0 Å². The van der Waals surface area contributed by atoms with Crippen molar-refractivity contribution >= 4 is 18.3 Å². The third-order valence-electron chi connectivity index (χ3n) is 4.21. The van der Waals surface area contributed by atoms with Gasteiger partial charge in [0.05, 0.1) is 13.0 Å². The Kier molecular flexibility index (Phi) is 7.69. The first-order valence-electron chi connectivity index (χ1n) is 7.79. The molecule has 1 saturated heterocycles. The van der Waals surface area contributed by atoms with Crippen LogP contribution < -0.4 is 10.5 Å². The van der Waals surface area contributed by atoms with E-state index in [1.165, 1.54) is 0 Å². The molecular formula is C17H27ClN2O2. The van der Waals surface area contributed by atoms with Gasteiger partial charge in [0, 0.05) is 19.1 Å². The molecule has 1 aliphatic rings. The third kappa shape index (κ3) is 5.50. The van der Waals surface area contributed by atoms with Gasteiger partial charge in [-0.2, -0.15) is 0 Å². The largest absolute Gasteiger partial charge is 0.493 e. The quantitative estimate of drug-likeness (QED) is 0.905. The lowest BCUT2D eigenvalue weighted by molar-refractivity contribution is -0.133. The molecule has 1 amide bonds. The number of benzene rings is 1. The van der Waals surface area contributed by atoms with Crippen LogP contribution in [0.25, 0.3) is 0 Å². The fourth-order valence-corrected chi connectivity index (χ4v) is 2.79. The van der Waals surface area contributed by atoms with Crippen molar-refractivity contribution in [3.05, 3.63) is 29.8 Å². The van der Waals surface area contributed by atoms with Crippen molar-refractivity contribution < 1.29 is 9.53 Å². The SMILES string of the molecule is Cc1cccc(OCCC(=O)N2CCC(C(C)N)CC2)c1.Cl. The minimum absolute atomic E-state index is 0. The number of carbonyl (C=O) groups is 1. The molecule has 1 aromatic rings. The average molecular weight is 327 g/mol. The van der Waals surface area contributed by atoms with Gasteiger partial charge in [0.2, 0.25) is 5.91 Å².